The lowest BCUT2D eigenvalue weighted by atomic mass is 10.1. The Hall–Kier alpha value is -2.07. The molecule has 0 aromatic heterocycles. The van der Waals surface area contributed by atoms with Crippen molar-refractivity contribution in [2.75, 3.05) is 7.11 Å². The van der Waals surface area contributed by atoms with E-state index >= 15 is 0 Å². The number of aryl methyl sites for hydroxylation is 1. The fourth-order valence-electron chi connectivity index (χ4n) is 2.08. The van der Waals surface area contributed by atoms with Gasteiger partial charge in [0.15, 0.2) is 0 Å². The number of methoxy groups -OCH3 is 1. The molecule has 0 radical (unpaired) electrons. The minimum absolute atomic E-state index is 0.320. The van der Waals surface area contributed by atoms with Crippen LogP contribution in [0.1, 0.15) is 22.3 Å². The first kappa shape index (κ1) is 15.3. The summed E-state index contributed by atoms with van der Waals surface area (Å²) in [5.74, 6) is 1.57. The van der Waals surface area contributed by atoms with Gasteiger partial charge in [-0.1, -0.05) is 30.4 Å². The van der Waals surface area contributed by atoms with E-state index in [4.69, 9.17) is 27.4 Å². The van der Waals surface area contributed by atoms with E-state index in [2.05, 4.69) is 19.9 Å². The van der Waals surface area contributed by atoms with Gasteiger partial charge in [-0.3, -0.25) is 0 Å². The van der Waals surface area contributed by atoms with Gasteiger partial charge in [-0.15, -0.1) is 0 Å². The normalized spacial score (nSPS) is 10.2. The summed E-state index contributed by atoms with van der Waals surface area (Å²) in [6.07, 6.45) is 0. The van der Waals surface area contributed by atoms with E-state index in [1.54, 1.807) is 7.11 Å². The van der Waals surface area contributed by atoms with Gasteiger partial charge in [-0.05, 0) is 48.7 Å². The van der Waals surface area contributed by atoms with Crippen LogP contribution in [0.3, 0.4) is 0 Å². The number of ether oxygens (including phenoxy) is 2. The van der Waals surface area contributed by atoms with Gasteiger partial charge in [0, 0.05) is 0 Å². The highest BCUT2D eigenvalue weighted by molar-refractivity contribution is 7.80. The first-order valence-electron chi connectivity index (χ1n) is 6.68. The van der Waals surface area contributed by atoms with E-state index in [-0.39, 0.29) is 0 Å². The molecule has 0 atom stereocenters. The number of hydrogen-bond acceptors (Lipinski definition) is 3. The van der Waals surface area contributed by atoms with E-state index in [0.29, 0.717) is 17.3 Å². The molecular weight excluding hydrogens is 282 g/mol. The molecule has 21 heavy (non-hydrogen) atoms. The van der Waals surface area contributed by atoms with Crippen molar-refractivity contribution >= 4 is 17.2 Å². The Morgan fingerprint density at radius 1 is 1.14 bits per heavy atom. The van der Waals surface area contributed by atoms with Crippen LogP contribution in [-0.2, 0) is 6.61 Å². The summed E-state index contributed by atoms with van der Waals surface area (Å²) in [4.78, 5) is 0.320. The maximum atomic E-state index is 5.89. The van der Waals surface area contributed by atoms with Crippen LogP contribution < -0.4 is 15.2 Å². The molecule has 2 aromatic carbocycles. The summed E-state index contributed by atoms with van der Waals surface area (Å²) in [6, 6.07) is 11.8. The molecule has 0 aliphatic heterocycles. The molecule has 0 amide bonds. The molecule has 3 nitrogen and oxygen atoms in total. The van der Waals surface area contributed by atoms with E-state index in [0.717, 1.165) is 22.4 Å². The van der Waals surface area contributed by atoms with Crippen molar-refractivity contribution in [1.82, 2.24) is 0 Å². The Balaban J connectivity index is 2.19. The van der Waals surface area contributed by atoms with Crippen LogP contribution in [0.25, 0.3) is 0 Å². The predicted octanol–water partition coefficient (Wildman–Crippen LogP) is 3.53. The maximum Gasteiger partial charge on any atom is 0.129 e. The summed E-state index contributed by atoms with van der Waals surface area (Å²) < 4.78 is 11.1. The molecule has 110 valence electrons. The average Bonchev–Trinajstić information content (AvgIpc) is 2.48. The van der Waals surface area contributed by atoms with Gasteiger partial charge >= 0.3 is 0 Å². The van der Waals surface area contributed by atoms with Crippen molar-refractivity contribution in [2.45, 2.75) is 20.5 Å². The maximum absolute atomic E-state index is 5.89. The molecule has 4 heteroatoms. The molecule has 0 saturated carbocycles. The van der Waals surface area contributed by atoms with Gasteiger partial charge in [-0.25, -0.2) is 0 Å². The number of thiocarbonyl (C=S) groups is 1. The second-order valence-corrected chi connectivity index (χ2v) is 5.33. The molecule has 2 N–H and O–H groups in total. The van der Waals surface area contributed by atoms with Gasteiger partial charge < -0.3 is 15.2 Å². The SMILES string of the molecule is COc1ccc(COc2cccc(C)c2C)cc1C(N)=S. The third-order valence-corrected chi connectivity index (χ3v) is 3.70. The lowest BCUT2D eigenvalue weighted by Gasteiger charge is -2.13. The number of hydrogen-bond donors (Lipinski definition) is 1. The van der Waals surface area contributed by atoms with Crippen LogP contribution >= 0.6 is 12.2 Å². The summed E-state index contributed by atoms with van der Waals surface area (Å²) in [7, 11) is 1.60. The minimum atomic E-state index is 0.320. The second-order valence-electron chi connectivity index (χ2n) is 4.89. The zero-order chi connectivity index (χ0) is 15.4. The Labute approximate surface area is 130 Å². The molecule has 0 unspecified atom stereocenters. The van der Waals surface area contributed by atoms with Crippen LogP contribution in [0.2, 0.25) is 0 Å². The lowest BCUT2D eigenvalue weighted by Crippen LogP contribution is -2.12. The van der Waals surface area contributed by atoms with Gasteiger partial charge in [-0.2, -0.15) is 0 Å². The zero-order valence-electron chi connectivity index (χ0n) is 12.5. The summed E-state index contributed by atoms with van der Waals surface area (Å²) in [5.41, 5.74) is 9.82. The van der Waals surface area contributed by atoms with Gasteiger partial charge in [0.1, 0.15) is 23.1 Å². The zero-order valence-corrected chi connectivity index (χ0v) is 13.3. The van der Waals surface area contributed by atoms with Crippen molar-refractivity contribution in [2.24, 2.45) is 5.73 Å². The smallest absolute Gasteiger partial charge is 0.129 e. The average molecular weight is 301 g/mol. The monoisotopic (exact) mass is 301 g/mol. The quantitative estimate of drug-likeness (QED) is 0.858. The Bertz CT molecular complexity index is 668. The Morgan fingerprint density at radius 3 is 2.57 bits per heavy atom. The van der Waals surface area contributed by atoms with Crippen LogP contribution in [-0.4, -0.2) is 12.1 Å². The van der Waals surface area contributed by atoms with Crippen molar-refractivity contribution in [1.29, 1.82) is 0 Å². The molecule has 2 aromatic rings. The molecular formula is C17H19NO2S. The number of nitrogens with two attached hydrogens (primary N) is 1. The third kappa shape index (κ3) is 3.52. The summed E-state index contributed by atoms with van der Waals surface area (Å²) in [5, 5.41) is 0. The van der Waals surface area contributed by atoms with Crippen molar-refractivity contribution in [3.05, 3.63) is 58.7 Å². The Kier molecular flexibility index (Phi) is 4.81. The molecule has 0 aliphatic rings. The summed E-state index contributed by atoms with van der Waals surface area (Å²) in [6.45, 7) is 4.59. The highest BCUT2D eigenvalue weighted by Crippen LogP contribution is 2.24. The standard InChI is InChI=1S/C17H19NO2S/c1-11-5-4-6-15(12(11)2)20-10-13-7-8-16(19-3)14(9-13)17(18)21/h4-9H,10H2,1-3H3,(H2,18,21). The molecule has 0 aliphatic carbocycles. The largest absolute Gasteiger partial charge is 0.496 e. The minimum Gasteiger partial charge on any atom is -0.496 e. The third-order valence-electron chi connectivity index (χ3n) is 3.48. The first-order valence-corrected chi connectivity index (χ1v) is 7.09. The Morgan fingerprint density at radius 2 is 1.90 bits per heavy atom. The number of benzene rings is 2. The van der Waals surface area contributed by atoms with Crippen molar-refractivity contribution in [3.8, 4) is 11.5 Å². The van der Waals surface area contributed by atoms with E-state index in [1.807, 2.05) is 30.3 Å². The highest BCUT2D eigenvalue weighted by Gasteiger charge is 2.08. The number of rotatable bonds is 5. The first-order chi connectivity index (χ1) is 10.0. The second kappa shape index (κ2) is 6.59. The molecule has 0 spiro atoms. The fourth-order valence-corrected chi connectivity index (χ4v) is 2.24. The topological polar surface area (TPSA) is 44.5 Å². The molecule has 0 heterocycles. The summed E-state index contributed by atoms with van der Waals surface area (Å²) >= 11 is 5.05. The van der Waals surface area contributed by atoms with Crippen LogP contribution in [0.5, 0.6) is 11.5 Å². The molecule has 0 fully saturated rings. The van der Waals surface area contributed by atoms with Gasteiger partial charge in [0.25, 0.3) is 0 Å². The molecule has 2 rings (SSSR count). The van der Waals surface area contributed by atoms with E-state index in [1.165, 1.54) is 5.56 Å². The van der Waals surface area contributed by atoms with Crippen LogP contribution in [0.15, 0.2) is 36.4 Å². The highest BCUT2D eigenvalue weighted by atomic mass is 32.1. The lowest BCUT2D eigenvalue weighted by molar-refractivity contribution is 0.303. The van der Waals surface area contributed by atoms with Gasteiger partial charge in [0.05, 0.1) is 12.7 Å². The van der Waals surface area contributed by atoms with Crippen molar-refractivity contribution in [3.63, 3.8) is 0 Å². The van der Waals surface area contributed by atoms with Gasteiger partial charge in [0.2, 0.25) is 0 Å². The molecule has 0 saturated heterocycles. The van der Waals surface area contributed by atoms with Crippen LogP contribution in [0, 0.1) is 13.8 Å². The van der Waals surface area contributed by atoms with E-state index in [9.17, 15) is 0 Å². The molecule has 0 bridgehead atoms. The van der Waals surface area contributed by atoms with Crippen LogP contribution in [0.4, 0.5) is 0 Å². The predicted molar refractivity (Wildman–Crippen MR) is 89.1 cm³/mol. The van der Waals surface area contributed by atoms with Crippen molar-refractivity contribution < 1.29 is 9.47 Å². The van der Waals surface area contributed by atoms with E-state index < -0.39 is 0 Å². The fraction of sp³-hybridized carbons (Fsp3) is 0.235.